The van der Waals surface area contributed by atoms with Crippen LogP contribution in [0.1, 0.15) is 44.9 Å². The number of benzene rings is 1. The van der Waals surface area contributed by atoms with Gasteiger partial charge in [0, 0.05) is 18.0 Å². The van der Waals surface area contributed by atoms with Crippen molar-refractivity contribution in [3.63, 3.8) is 0 Å². The van der Waals surface area contributed by atoms with Crippen LogP contribution >= 0.6 is 11.6 Å². The Morgan fingerprint density at radius 3 is 2.30 bits per heavy atom. The molecule has 4 heterocycles. The summed E-state index contributed by atoms with van der Waals surface area (Å²) in [5.41, 5.74) is 3.76. The highest BCUT2D eigenvalue weighted by Crippen LogP contribution is 2.35. The van der Waals surface area contributed by atoms with E-state index in [1.165, 1.54) is 4.90 Å². The normalized spacial score (nSPS) is 14.4. The maximum Gasteiger partial charge on any atom is 0.262 e. The van der Waals surface area contributed by atoms with Crippen molar-refractivity contribution in [1.82, 2.24) is 24.5 Å². The molecule has 1 atom stereocenters. The van der Waals surface area contributed by atoms with E-state index >= 15 is 0 Å². The van der Waals surface area contributed by atoms with Crippen LogP contribution in [-0.2, 0) is 0 Å². The van der Waals surface area contributed by atoms with Gasteiger partial charge in [0.05, 0.1) is 34.3 Å². The van der Waals surface area contributed by atoms with Gasteiger partial charge < -0.3 is 0 Å². The van der Waals surface area contributed by atoms with Crippen molar-refractivity contribution in [3.8, 4) is 11.4 Å². The zero-order valence-corrected chi connectivity index (χ0v) is 17.0. The first-order valence-electron chi connectivity index (χ1n) is 9.41. The van der Waals surface area contributed by atoms with Crippen LogP contribution in [0.2, 0.25) is 5.02 Å². The largest absolute Gasteiger partial charge is 0.269 e. The highest BCUT2D eigenvalue weighted by atomic mass is 35.5. The fraction of sp³-hybridized carbons (Fsp3) is 0.136. The van der Waals surface area contributed by atoms with Gasteiger partial charge in [0.25, 0.3) is 11.8 Å². The topological polar surface area (TPSA) is 80.5 Å². The predicted molar refractivity (Wildman–Crippen MR) is 111 cm³/mol. The minimum atomic E-state index is -0.588. The van der Waals surface area contributed by atoms with Crippen molar-refractivity contribution < 1.29 is 9.59 Å². The second-order valence-electron chi connectivity index (χ2n) is 7.13. The summed E-state index contributed by atoms with van der Waals surface area (Å²) in [4.78, 5) is 36.4. The summed E-state index contributed by atoms with van der Waals surface area (Å²) in [5, 5.41) is 4.86. The van der Waals surface area contributed by atoms with Gasteiger partial charge in [-0.25, -0.2) is 9.50 Å². The maximum atomic E-state index is 13.0. The number of aryl methyl sites for hydroxylation is 1. The molecule has 0 spiro atoms. The number of imide groups is 1. The van der Waals surface area contributed by atoms with Crippen molar-refractivity contribution in [2.75, 3.05) is 0 Å². The van der Waals surface area contributed by atoms with Crippen molar-refractivity contribution in [1.29, 1.82) is 0 Å². The lowest BCUT2D eigenvalue weighted by Crippen LogP contribution is -2.33. The molecule has 0 saturated carbocycles. The molecule has 7 nitrogen and oxygen atoms in total. The van der Waals surface area contributed by atoms with E-state index in [1.54, 1.807) is 55.0 Å². The lowest BCUT2D eigenvalue weighted by molar-refractivity contribution is 0.0595. The van der Waals surface area contributed by atoms with Crippen LogP contribution in [0.15, 0.2) is 54.9 Å². The molecular weight excluding hydrogens is 402 g/mol. The number of rotatable bonds is 3. The van der Waals surface area contributed by atoms with Gasteiger partial charge in [-0.3, -0.25) is 19.5 Å². The van der Waals surface area contributed by atoms with Crippen molar-refractivity contribution in [2.45, 2.75) is 19.9 Å². The standard InChI is InChI=1S/C22H16ClN5O2/c1-12-18(23)20-25-19(17-9-5-6-10-24-17)16(11-27(20)26-12)13(2)28-21(29)14-7-3-4-8-15(14)22(28)30/h3-11,13H,1-2H3. The minimum Gasteiger partial charge on any atom is -0.269 e. The van der Waals surface area contributed by atoms with Gasteiger partial charge in [0.1, 0.15) is 5.02 Å². The third kappa shape index (κ3) is 2.63. The highest BCUT2D eigenvalue weighted by molar-refractivity contribution is 6.34. The summed E-state index contributed by atoms with van der Waals surface area (Å²) in [7, 11) is 0. The lowest BCUT2D eigenvalue weighted by Gasteiger charge is -2.24. The first-order valence-corrected chi connectivity index (χ1v) is 9.79. The Labute approximate surface area is 176 Å². The van der Waals surface area contributed by atoms with Crippen molar-refractivity contribution in [2.24, 2.45) is 0 Å². The Hall–Kier alpha value is -3.58. The Kier molecular flexibility index (Phi) is 4.15. The molecule has 0 saturated heterocycles. The minimum absolute atomic E-state index is 0.329. The monoisotopic (exact) mass is 417 g/mol. The fourth-order valence-corrected chi connectivity index (χ4v) is 3.95. The molecule has 3 aromatic heterocycles. The van der Waals surface area contributed by atoms with Gasteiger partial charge in [-0.15, -0.1) is 0 Å². The summed E-state index contributed by atoms with van der Waals surface area (Å²) in [6.45, 7) is 3.60. The second-order valence-corrected chi connectivity index (χ2v) is 7.51. The van der Waals surface area contributed by atoms with E-state index in [4.69, 9.17) is 16.6 Å². The number of hydrogen-bond acceptors (Lipinski definition) is 5. The van der Waals surface area contributed by atoms with Gasteiger partial charge >= 0.3 is 0 Å². The fourth-order valence-electron chi connectivity index (χ4n) is 3.78. The molecule has 1 aliphatic heterocycles. The third-order valence-electron chi connectivity index (χ3n) is 5.31. The van der Waals surface area contributed by atoms with Crippen LogP contribution in [0, 0.1) is 6.92 Å². The van der Waals surface area contributed by atoms with Gasteiger partial charge in [0.15, 0.2) is 5.65 Å². The zero-order chi connectivity index (χ0) is 21.0. The van der Waals surface area contributed by atoms with E-state index in [1.807, 2.05) is 18.2 Å². The first kappa shape index (κ1) is 18.4. The van der Waals surface area contributed by atoms with Crippen molar-refractivity contribution >= 4 is 29.1 Å². The van der Waals surface area contributed by atoms with Crippen LogP contribution in [-0.4, -0.2) is 36.3 Å². The zero-order valence-electron chi connectivity index (χ0n) is 16.2. The molecule has 0 N–H and O–H groups in total. The number of hydrogen-bond donors (Lipinski definition) is 0. The first-order chi connectivity index (χ1) is 14.5. The second kappa shape index (κ2) is 6.74. The smallest absolute Gasteiger partial charge is 0.262 e. The Balaban J connectivity index is 1.70. The molecule has 1 aromatic carbocycles. The molecule has 148 valence electrons. The van der Waals surface area contributed by atoms with E-state index in [0.717, 1.165) is 0 Å². The molecular formula is C22H16ClN5O2. The number of halogens is 1. The Morgan fingerprint density at radius 1 is 1.00 bits per heavy atom. The van der Waals surface area contributed by atoms with Gasteiger partial charge in [-0.2, -0.15) is 5.10 Å². The molecule has 4 aromatic rings. The molecule has 1 unspecified atom stereocenters. The number of pyridine rings is 1. The molecule has 8 heteroatoms. The van der Waals surface area contributed by atoms with Crippen molar-refractivity contribution in [3.05, 3.63) is 82.3 Å². The number of fused-ring (bicyclic) bond motifs is 2. The van der Waals surface area contributed by atoms with E-state index in [9.17, 15) is 9.59 Å². The number of carbonyl (C=O) groups is 2. The number of amides is 2. The van der Waals surface area contributed by atoms with E-state index in [2.05, 4.69) is 10.1 Å². The number of aromatic nitrogens is 4. The van der Waals surface area contributed by atoms with E-state index < -0.39 is 6.04 Å². The SMILES string of the molecule is Cc1nn2cc(C(C)N3C(=O)c4ccccc4C3=O)c(-c3ccccn3)nc2c1Cl. The van der Waals surface area contributed by atoms with Crippen LogP contribution in [0.25, 0.3) is 17.0 Å². The average molecular weight is 418 g/mol. The van der Waals surface area contributed by atoms with Crippen LogP contribution in [0.3, 0.4) is 0 Å². The number of carbonyl (C=O) groups excluding carboxylic acids is 2. The Morgan fingerprint density at radius 2 is 1.67 bits per heavy atom. The third-order valence-corrected chi connectivity index (χ3v) is 5.75. The van der Waals surface area contributed by atoms with E-state index in [-0.39, 0.29) is 11.8 Å². The number of nitrogens with zero attached hydrogens (tertiary/aromatic N) is 5. The quantitative estimate of drug-likeness (QED) is 0.468. The summed E-state index contributed by atoms with van der Waals surface area (Å²) < 4.78 is 1.58. The maximum absolute atomic E-state index is 13.0. The summed E-state index contributed by atoms with van der Waals surface area (Å²) in [5.74, 6) is -0.658. The summed E-state index contributed by atoms with van der Waals surface area (Å²) in [6.07, 6.45) is 3.43. The summed E-state index contributed by atoms with van der Waals surface area (Å²) in [6, 6.07) is 11.7. The molecule has 2 amide bonds. The molecule has 0 bridgehead atoms. The van der Waals surface area contributed by atoms with Gasteiger partial charge in [-0.1, -0.05) is 29.8 Å². The van der Waals surface area contributed by atoms with Gasteiger partial charge in [-0.05, 0) is 38.1 Å². The molecule has 0 aliphatic carbocycles. The highest BCUT2D eigenvalue weighted by Gasteiger charge is 2.39. The Bertz CT molecular complexity index is 1300. The summed E-state index contributed by atoms with van der Waals surface area (Å²) >= 11 is 6.38. The molecule has 1 aliphatic rings. The van der Waals surface area contributed by atoms with Crippen LogP contribution in [0.4, 0.5) is 0 Å². The molecule has 5 rings (SSSR count). The van der Waals surface area contributed by atoms with E-state index in [0.29, 0.717) is 44.4 Å². The van der Waals surface area contributed by atoms with Gasteiger partial charge in [0.2, 0.25) is 0 Å². The van der Waals surface area contributed by atoms with Crippen LogP contribution in [0.5, 0.6) is 0 Å². The van der Waals surface area contributed by atoms with Crippen LogP contribution < -0.4 is 0 Å². The molecule has 0 fully saturated rings. The predicted octanol–water partition coefficient (Wildman–Crippen LogP) is 4.11. The molecule has 0 radical (unpaired) electrons. The molecule has 30 heavy (non-hydrogen) atoms. The lowest BCUT2D eigenvalue weighted by atomic mass is 10.0. The average Bonchev–Trinajstić information content (AvgIpc) is 3.20.